The Balaban J connectivity index is 2.11. The van der Waals surface area contributed by atoms with E-state index in [1.54, 1.807) is 18.2 Å². The molecule has 18 heavy (non-hydrogen) atoms. The quantitative estimate of drug-likeness (QED) is 0.518. The van der Waals surface area contributed by atoms with Gasteiger partial charge in [0, 0.05) is 17.6 Å². The lowest BCUT2D eigenvalue weighted by molar-refractivity contribution is 0.0656. The molecule has 0 atom stereocenters. The minimum absolute atomic E-state index is 0.245. The van der Waals surface area contributed by atoms with E-state index in [0.29, 0.717) is 30.8 Å². The van der Waals surface area contributed by atoms with Crippen molar-refractivity contribution in [3.05, 3.63) is 33.8 Å². The highest BCUT2D eigenvalue weighted by atomic mass is 79.9. The molecule has 0 aliphatic carbocycles. The normalized spacial score (nSPS) is 13.7. The zero-order chi connectivity index (χ0) is 13.1. The molecule has 0 radical (unpaired) electrons. The SMILES string of the molecule is C#CCNCCN1C(=O)c2ccc(Br)cc2C1=O. The predicted octanol–water partition coefficient (Wildman–Crippen LogP) is 1.27. The Hall–Kier alpha value is -1.64. The van der Waals surface area contributed by atoms with Crippen LogP contribution in [0.4, 0.5) is 0 Å². The van der Waals surface area contributed by atoms with Gasteiger partial charge in [0.15, 0.2) is 0 Å². The molecule has 1 aromatic rings. The molecule has 0 unspecified atom stereocenters. The molecule has 92 valence electrons. The van der Waals surface area contributed by atoms with Crippen molar-refractivity contribution in [2.45, 2.75) is 0 Å². The number of carbonyl (C=O) groups excluding carboxylic acids is 2. The number of hydrogen-bond donors (Lipinski definition) is 1. The van der Waals surface area contributed by atoms with Gasteiger partial charge in [-0.05, 0) is 18.2 Å². The van der Waals surface area contributed by atoms with Crippen molar-refractivity contribution in [2.75, 3.05) is 19.6 Å². The lowest BCUT2D eigenvalue weighted by atomic mass is 10.1. The molecule has 0 spiro atoms. The molecule has 0 fully saturated rings. The average molecular weight is 307 g/mol. The fourth-order valence-corrected chi connectivity index (χ4v) is 2.18. The van der Waals surface area contributed by atoms with Crippen molar-refractivity contribution in [3.63, 3.8) is 0 Å². The molecule has 2 rings (SSSR count). The minimum Gasteiger partial charge on any atom is -0.304 e. The molecule has 1 aliphatic rings. The maximum Gasteiger partial charge on any atom is 0.261 e. The standard InChI is InChI=1S/C13H11BrN2O2/c1-2-5-15-6-7-16-12(17)10-4-3-9(14)8-11(10)13(16)18/h1,3-4,8,15H,5-7H2. The van der Waals surface area contributed by atoms with Crippen LogP contribution in [0, 0.1) is 12.3 Å². The number of halogens is 1. The van der Waals surface area contributed by atoms with Crippen LogP contribution in [0.2, 0.25) is 0 Å². The summed E-state index contributed by atoms with van der Waals surface area (Å²) in [6, 6.07) is 5.09. The molecule has 1 aliphatic heterocycles. The van der Waals surface area contributed by atoms with Crippen molar-refractivity contribution >= 4 is 27.7 Å². The summed E-state index contributed by atoms with van der Waals surface area (Å²) >= 11 is 3.29. The molecule has 0 saturated carbocycles. The number of fused-ring (bicyclic) bond motifs is 1. The van der Waals surface area contributed by atoms with E-state index in [1.807, 2.05) is 0 Å². The fraction of sp³-hybridized carbons (Fsp3) is 0.231. The van der Waals surface area contributed by atoms with Crippen molar-refractivity contribution in [2.24, 2.45) is 0 Å². The molecular weight excluding hydrogens is 296 g/mol. The number of hydrogen-bond acceptors (Lipinski definition) is 3. The predicted molar refractivity (Wildman–Crippen MR) is 71.2 cm³/mol. The van der Waals surface area contributed by atoms with Gasteiger partial charge in [-0.25, -0.2) is 0 Å². The van der Waals surface area contributed by atoms with E-state index in [0.717, 1.165) is 4.47 Å². The first-order valence-electron chi connectivity index (χ1n) is 5.45. The Bertz CT molecular complexity index is 548. The van der Waals surface area contributed by atoms with Crippen LogP contribution in [0.1, 0.15) is 20.7 Å². The van der Waals surface area contributed by atoms with Crippen molar-refractivity contribution in [3.8, 4) is 12.3 Å². The van der Waals surface area contributed by atoms with E-state index in [9.17, 15) is 9.59 Å². The van der Waals surface area contributed by atoms with E-state index >= 15 is 0 Å². The highest BCUT2D eigenvalue weighted by Gasteiger charge is 2.34. The summed E-state index contributed by atoms with van der Waals surface area (Å²) < 4.78 is 0.787. The second-order valence-electron chi connectivity index (χ2n) is 3.83. The average Bonchev–Trinajstić information content (AvgIpc) is 2.59. The van der Waals surface area contributed by atoms with Gasteiger partial charge in [0.25, 0.3) is 11.8 Å². The van der Waals surface area contributed by atoms with E-state index in [4.69, 9.17) is 6.42 Å². The van der Waals surface area contributed by atoms with Crippen molar-refractivity contribution < 1.29 is 9.59 Å². The summed E-state index contributed by atoms with van der Waals surface area (Å²) in [5, 5.41) is 2.95. The fourth-order valence-electron chi connectivity index (χ4n) is 1.82. The first-order valence-corrected chi connectivity index (χ1v) is 6.24. The van der Waals surface area contributed by atoms with Crippen LogP contribution in [0.5, 0.6) is 0 Å². The maximum absolute atomic E-state index is 12.0. The second-order valence-corrected chi connectivity index (χ2v) is 4.75. The van der Waals surface area contributed by atoms with Gasteiger partial charge in [0.1, 0.15) is 0 Å². The highest BCUT2D eigenvalue weighted by molar-refractivity contribution is 9.10. The molecule has 0 bridgehead atoms. The van der Waals surface area contributed by atoms with Gasteiger partial charge in [-0.2, -0.15) is 0 Å². The Morgan fingerprint density at radius 1 is 1.28 bits per heavy atom. The Labute approximate surface area is 113 Å². The number of imide groups is 1. The smallest absolute Gasteiger partial charge is 0.261 e. The lowest BCUT2D eigenvalue weighted by Crippen LogP contribution is -2.36. The molecular formula is C13H11BrN2O2. The van der Waals surface area contributed by atoms with Gasteiger partial charge in [-0.3, -0.25) is 14.5 Å². The summed E-state index contributed by atoms with van der Waals surface area (Å²) in [4.78, 5) is 25.3. The summed E-state index contributed by atoms with van der Waals surface area (Å²) in [5.41, 5.74) is 0.909. The van der Waals surface area contributed by atoms with E-state index in [-0.39, 0.29) is 11.8 Å². The third-order valence-corrected chi connectivity index (χ3v) is 3.17. The minimum atomic E-state index is -0.251. The molecule has 5 heteroatoms. The molecule has 0 saturated heterocycles. The van der Waals surface area contributed by atoms with E-state index in [1.165, 1.54) is 4.90 Å². The number of nitrogens with zero attached hydrogens (tertiary/aromatic N) is 1. The molecule has 0 aromatic heterocycles. The van der Waals surface area contributed by atoms with Crippen LogP contribution in [0.25, 0.3) is 0 Å². The third kappa shape index (κ3) is 2.30. The lowest BCUT2D eigenvalue weighted by Gasteiger charge is -2.13. The topological polar surface area (TPSA) is 49.4 Å². The van der Waals surface area contributed by atoms with Crippen LogP contribution in [0.3, 0.4) is 0 Å². The number of rotatable bonds is 4. The summed E-state index contributed by atoms with van der Waals surface area (Å²) in [6.45, 7) is 1.25. The van der Waals surface area contributed by atoms with Crippen molar-refractivity contribution in [1.82, 2.24) is 10.2 Å². The zero-order valence-electron chi connectivity index (χ0n) is 9.57. The van der Waals surface area contributed by atoms with Crippen molar-refractivity contribution in [1.29, 1.82) is 0 Å². The van der Waals surface area contributed by atoms with E-state index < -0.39 is 0 Å². The van der Waals surface area contributed by atoms with Gasteiger partial charge in [0.05, 0.1) is 17.7 Å². The number of amides is 2. The number of nitrogens with one attached hydrogen (secondary N) is 1. The van der Waals surface area contributed by atoms with Gasteiger partial charge >= 0.3 is 0 Å². The number of carbonyl (C=O) groups is 2. The van der Waals surface area contributed by atoms with Crippen LogP contribution >= 0.6 is 15.9 Å². The van der Waals surface area contributed by atoms with Gasteiger partial charge < -0.3 is 5.32 Å². The van der Waals surface area contributed by atoms with Crippen LogP contribution in [-0.2, 0) is 0 Å². The number of benzene rings is 1. The van der Waals surface area contributed by atoms with Gasteiger partial charge in [-0.15, -0.1) is 6.42 Å². The molecule has 1 N–H and O–H groups in total. The van der Waals surface area contributed by atoms with Gasteiger partial charge in [0.2, 0.25) is 0 Å². The Morgan fingerprint density at radius 3 is 2.72 bits per heavy atom. The summed E-state index contributed by atoms with van der Waals surface area (Å²) in [6.07, 6.45) is 5.10. The molecule has 1 heterocycles. The molecule has 2 amide bonds. The first-order chi connectivity index (χ1) is 8.65. The second kappa shape index (κ2) is 5.34. The summed E-state index contributed by atoms with van der Waals surface area (Å²) in [5.74, 6) is 1.94. The maximum atomic E-state index is 12.0. The van der Waals surface area contributed by atoms with Crippen LogP contribution < -0.4 is 5.32 Å². The first kappa shape index (κ1) is 12.8. The third-order valence-electron chi connectivity index (χ3n) is 2.67. The summed E-state index contributed by atoms with van der Waals surface area (Å²) in [7, 11) is 0. The number of terminal acetylenes is 1. The molecule has 1 aromatic carbocycles. The van der Waals surface area contributed by atoms with Gasteiger partial charge in [-0.1, -0.05) is 21.9 Å². The monoisotopic (exact) mass is 306 g/mol. The Kier molecular flexibility index (Phi) is 3.80. The van der Waals surface area contributed by atoms with Crippen LogP contribution in [-0.4, -0.2) is 36.3 Å². The zero-order valence-corrected chi connectivity index (χ0v) is 11.2. The molecule has 4 nitrogen and oxygen atoms in total. The largest absolute Gasteiger partial charge is 0.304 e. The Morgan fingerprint density at radius 2 is 2.00 bits per heavy atom. The highest BCUT2D eigenvalue weighted by Crippen LogP contribution is 2.25. The van der Waals surface area contributed by atoms with E-state index in [2.05, 4.69) is 27.2 Å². The van der Waals surface area contributed by atoms with Crippen LogP contribution in [0.15, 0.2) is 22.7 Å².